The highest BCUT2D eigenvalue weighted by Gasteiger charge is 2.40. The Morgan fingerprint density at radius 1 is 1.07 bits per heavy atom. The number of ether oxygens (including phenoxy) is 1. The van der Waals surface area contributed by atoms with Gasteiger partial charge < -0.3 is 29.7 Å². The van der Waals surface area contributed by atoms with Gasteiger partial charge >= 0.3 is 6.01 Å². The molecule has 2 aromatic rings. The van der Waals surface area contributed by atoms with Crippen molar-refractivity contribution in [2.24, 2.45) is 17.6 Å². The molecule has 5 rings (SSSR count). The topological polar surface area (TPSA) is 131 Å². The number of nitrogens with zero attached hydrogens (tertiary/aromatic N) is 6. The summed E-state index contributed by atoms with van der Waals surface area (Å²) in [5.41, 5.74) is 7.45. The standard InChI is InChI=1S/C29H43N7O4/c1-19(2)26-32-29(40-33-26)35-14-10-21(11-15-35)7-6-16-39-25-9-8-22(20(3)31-25)27(37)36-17-23(24(30)18-36)28(38)34-12-4-5-13-34/h8-9,19,21,23-24H,4-7,10-18,30H2,1-3H3/t23-,24+/m1/s1. The van der Waals surface area contributed by atoms with Gasteiger partial charge in [-0.2, -0.15) is 4.98 Å². The van der Waals surface area contributed by atoms with Crippen molar-refractivity contribution < 1.29 is 18.8 Å². The van der Waals surface area contributed by atoms with E-state index in [0.29, 0.717) is 48.8 Å². The molecule has 0 spiro atoms. The minimum Gasteiger partial charge on any atom is -0.478 e. The van der Waals surface area contributed by atoms with Crippen LogP contribution in [0.25, 0.3) is 0 Å². The summed E-state index contributed by atoms with van der Waals surface area (Å²) in [7, 11) is 0. The molecule has 2 N–H and O–H groups in total. The van der Waals surface area contributed by atoms with E-state index in [2.05, 4.69) is 33.9 Å². The van der Waals surface area contributed by atoms with Gasteiger partial charge in [0.2, 0.25) is 11.8 Å². The van der Waals surface area contributed by atoms with Crippen molar-refractivity contribution in [3.05, 3.63) is 29.2 Å². The highest BCUT2D eigenvalue weighted by molar-refractivity contribution is 5.96. The number of hydrogen-bond acceptors (Lipinski definition) is 9. The molecule has 3 aliphatic rings. The van der Waals surface area contributed by atoms with Crippen molar-refractivity contribution in [1.82, 2.24) is 24.9 Å². The van der Waals surface area contributed by atoms with Crippen LogP contribution in [0.5, 0.6) is 5.88 Å². The first kappa shape index (κ1) is 28.3. The number of amides is 2. The lowest BCUT2D eigenvalue weighted by Crippen LogP contribution is -2.42. The van der Waals surface area contributed by atoms with Crippen molar-refractivity contribution in [1.29, 1.82) is 0 Å². The van der Waals surface area contributed by atoms with Gasteiger partial charge in [0.1, 0.15) is 0 Å². The third-order valence-corrected chi connectivity index (χ3v) is 8.52. The number of nitrogens with two attached hydrogens (primary N) is 1. The smallest absolute Gasteiger partial charge is 0.324 e. The van der Waals surface area contributed by atoms with E-state index >= 15 is 0 Å². The average molecular weight is 554 g/mol. The van der Waals surface area contributed by atoms with Gasteiger partial charge in [0.15, 0.2) is 5.82 Å². The average Bonchev–Trinajstić information content (AvgIpc) is 3.72. The Balaban J connectivity index is 1.04. The minimum absolute atomic E-state index is 0.0801. The van der Waals surface area contributed by atoms with E-state index in [1.54, 1.807) is 17.0 Å². The predicted octanol–water partition coefficient (Wildman–Crippen LogP) is 2.99. The lowest BCUT2D eigenvalue weighted by Gasteiger charge is -2.30. The fourth-order valence-electron chi connectivity index (χ4n) is 5.99. The molecule has 3 aliphatic heterocycles. The Morgan fingerprint density at radius 2 is 1.82 bits per heavy atom. The highest BCUT2D eigenvalue weighted by Crippen LogP contribution is 2.27. The van der Waals surface area contributed by atoms with E-state index in [-0.39, 0.29) is 29.7 Å². The molecule has 0 saturated carbocycles. The number of aromatic nitrogens is 3. The molecule has 2 aromatic heterocycles. The number of piperidine rings is 1. The fraction of sp³-hybridized carbons (Fsp3) is 0.690. The van der Waals surface area contributed by atoms with Gasteiger partial charge in [0.25, 0.3) is 5.91 Å². The second-order valence-corrected chi connectivity index (χ2v) is 11.8. The largest absolute Gasteiger partial charge is 0.478 e. The summed E-state index contributed by atoms with van der Waals surface area (Å²) >= 11 is 0. The van der Waals surface area contributed by atoms with E-state index in [1.165, 1.54) is 0 Å². The summed E-state index contributed by atoms with van der Waals surface area (Å²) in [6.07, 6.45) is 6.31. The van der Waals surface area contributed by atoms with E-state index < -0.39 is 0 Å². The normalized spacial score (nSPS) is 22.0. The summed E-state index contributed by atoms with van der Waals surface area (Å²) in [5, 5.41) is 4.08. The fourth-order valence-corrected chi connectivity index (χ4v) is 5.99. The highest BCUT2D eigenvalue weighted by atomic mass is 16.5. The first-order chi connectivity index (χ1) is 19.3. The SMILES string of the molecule is Cc1nc(OCCCC2CCN(c3nc(C(C)C)no3)CC2)ccc1C(=O)N1C[C@H](N)[C@H](C(=O)N2CCCC2)C1. The van der Waals surface area contributed by atoms with Gasteiger partial charge in [-0.05, 0) is 57.4 Å². The summed E-state index contributed by atoms with van der Waals surface area (Å²) in [4.78, 5) is 40.9. The number of pyridine rings is 1. The number of rotatable bonds is 9. The third-order valence-electron chi connectivity index (χ3n) is 8.52. The van der Waals surface area contributed by atoms with Crippen molar-refractivity contribution >= 4 is 17.8 Å². The molecule has 2 amide bonds. The molecule has 0 radical (unpaired) electrons. The van der Waals surface area contributed by atoms with Crippen LogP contribution in [-0.2, 0) is 4.79 Å². The summed E-state index contributed by atoms with van der Waals surface area (Å²) in [5.74, 6) is 1.82. The van der Waals surface area contributed by atoms with Gasteiger partial charge in [0, 0.05) is 57.3 Å². The number of carbonyl (C=O) groups excluding carboxylic acids is 2. The first-order valence-corrected chi connectivity index (χ1v) is 14.8. The van der Waals surface area contributed by atoms with Crippen molar-refractivity contribution in [3.63, 3.8) is 0 Å². The van der Waals surface area contributed by atoms with Crippen LogP contribution in [0.1, 0.15) is 80.2 Å². The zero-order valence-electron chi connectivity index (χ0n) is 24.1. The van der Waals surface area contributed by atoms with E-state index in [1.807, 2.05) is 11.8 Å². The minimum atomic E-state index is -0.336. The second-order valence-electron chi connectivity index (χ2n) is 11.8. The molecule has 2 atom stereocenters. The number of aryl methyl sites for hydroxylation is 1. The lowest BCUT2D eigenvalue weighted by atomic mass is 9.92. The van der Waals surface area contributed by atoms with Gasteiger partial charge in [-0.3, -0.25) is 9.59 Å². The number of carbonyl (C=O) groups is 2. The number of likely N-dealkylation sites (tertiary alicyclic amines) is 2. The zero-order valence-corrected chi connectivity index (χ0v) is 24.1. The monoisotopic (exact) mass is 553 g/mol. The zero-order chi connectivity index (χ0) is 28.2. The molecule has 3 saturated heterocycles. The molecule has 11 nitrogen and oxygen atoms in total. The Morgan fingerprint density at radius 3 is 2.50 bits per heavy atom. The van der Waals surface area contributed by atoms with Crippen molar-refractivity contribution in [3.8, 4) is 5.88 Å². The Kier molecular flexibility index (Phi) is 8.87. The van der Waals surface area contributed by atoms with Crippen LogP contribution in [0.4, 0.5) is 6.01 Å². The maximum Gasteiger partial charge on any atom is 0.324 e. The van der Waals surface area contributed by atoms with Gasteiger partial charge in [-0.15, -0.1) is 0 Å². The van der Waals surface area contributed by atoms with Crippen LogP contribution in [0.15, 0.2) is 16.7 Å². The molecule has 0 aliphatic carbocycles. The maximum atomic E-state index is 13.2. The first-order valence-electron chi connectivity index (χ1n) is 14.8. The van der Waals surface area contributed by atoms with Crippen LogP contribution in [0.2, 0.25) is 0 Å². The maximum absolute atomic E-state index is 13.2. The molecule has 0 aromatic carbocycles. The number of hydrogen-bond donors (Lipinski definition) is 1. The molecule has 0 unspecified atom stereocenters. The van der Waals surface area contributed by atoms with E-state index in [4.69, 9.17) is 15.0 Å². The van der Waals surface area contributed by atoms with Gasteiger partial charge in [-0.1, -0.05) is 19.0 Å². The molecule has 11 heteroatoms. The Hall–Kier alpha value is -3.21. The van der Waals surface area contributed by atoms with E-state index in [9.17, 15) is 9.59 Å². The van der Waals surface area contributed by atoms with Crippen LogP contribution < -0.4 is 15.4 Å². The second kappa shape index (κ2) is 12.5. The molecular formula is C29H43N7O4. The molecular weight excluding hydrogens is 510 g/mol. The Bertz CT molecular complexity index is 1170. The predicted molar refractivity (Wildman–Crippen MR) is 150 cm³/mol. The van der Waals surface area contributed by atoms with Gasteiger partial charge in [-0.25, -0.2) is 4.98 Å². The van der Waals surface area contributed by atoms with Gasteiger partial charge in [0.05, 0.1) is 23.8 Å². The lowest BCUT2D eigenvalue weighted by molar-refractivity contribution is -0.134. The van der Waals surface area contributed by atoms with Crippen LogP contribution >= 0.6 is 0 Å². The van der Waals surface area contributed by atoms with Crippen molar-refractivity contribution in [2.75, 3.05) is 50.8 Å². The quantitative estimate of drug-likeness (QED) is 0.466. The van der Waals surface area contributed by atoms with Crippen LogP contribution in [0.3, 0.4) is 0 Å². The summed E-state index contributed by atoms with van der Waals surface area (Å²) in [6, 6.07) is 3.84. The Labute approximate surface area is 236 Å². The summed E-state index contributed by atoms with van der Waals surface area (Å²) in [6.45, 7) is 10.7. The molecule has 5 heterocycles. The summed E-state index contributed by atoms with van der Waals surface area (Å²) < 4.78 is 11.4. The molecule has 0 bridgehead atoms. The molecule has 218 valence electrons. The van der Waals surface area contributed by atoms with Crippen molar-refractivity contribution in [2.45, 2.75) is 71.3 Å². The van der Waals surface area contributed by atoms with Crippen LogP contribution in [0, 0.1) is 18.8 Å². The third kappa shape index (κ3) is 6.40. The van der Waals surface area contributed by atoms with Crippen LogP contribution in [-0.4, -0.2) is 88.7 Å². The van der Waals surface area contributed by atoms with E-state index in [0.717, 1.165) is 70.5 Å². The molecule has 40 heavy (non-hydrogen) atoms. The number of anilines is 1. The molecule has 3 fully saturated rings.